The maximum absolute atomic E-state index is 12.8. The summed E-state index contributed by atoms with van der Waals surface area (Å²) in [7, 11) is 0. The molecule has 1 unspecified atom stereocenters. The summed E-state index contributed by atoms with van der Waals surface area (Å²) in [6.07, 6.45) is 5.39. The van der Waals surface area contributed by atoms with Crippen molar-refractivity contribution in [2.24, 2.45) is 0 Å². The fraction of sp³-hybridized carbons (Fsp3) is 0.476. The number of nitrogen functional groups attached to an aromatic ring is 1. The molecule has 8 nitrogen and oxygen atoms in total. The van der Waals surface area contributed by atoms with E-state index in [1.165, 1.54) is 6.92 Å². The summed E-state index contributed by atoms with van der Waals surface area (Å²) in [5.74, 6) is -0.0932. The highest BCUT2D eigenvalue weighted by atomic mass is 16.6. The molecule has 1 aliphatic heterocycles. The zero-order valence-corrected chi connectivity index (χ0v) is 17.3. The second-order valence-corrected chi connectivity index (χ2v) is 8.15. The summed E-state index contributed by atoms with van der Waals surface area (Å²) in [6, 6.07) is 3.91. The van der Waals surface area contributed by atoms with Gasteiger partial charge in [0.2, 0.25) is 5.91 Å². The van der Waals surface area contributed by atoms with Crippen molar-refractivity contribution in [3.05, 3.63) is 24.5 Å². The number of amides is 2. The normalized spacial score (nSPS) is 18.7. The van der Waals surface area contributed by atoms with Gasteiger partial charge in [-0.3, -0.25) is 14.4 Å². The van der Waals surface area contributed by atoms with Gasteiger partial charge in [0, 0.05) is 36.5 Å². The van der Waals surface area contributed by atoms with E-state index in [1.807, 2.05) is 37.7 Å². The van der Waals surface area contributed by atoms with E-state index in [0.717, 1.165) is 24.0 Å². The molecule has 1 atom stereocenters. The third kappa shape index (κ3) is 3.54. The molecule has 0 bridgehead atoms. The molecule has 1 fully saturated rings. The molecule has 1 saturated carbocycles. The predicted octanol–water partition coefficient (Wildman–Crippen LogP) is 3.57. The number of aromatic nitrogens is 2. The van der Waals surface area contributed by atoms with Gasteiger partial charge in [0.1, 0.15) is 0 Å². The van der Waals surface area contributed by atoms with E-state index >= 15 is 0 Å². The number of fused-ring (bicyclic) bond motifs is 1. The number of carbonyl (C=O) groups excluding carboxylic acids is 2. The first kappa shape index (κ1) is 19.3. The zero-order valence-electron chi connectivity index (χ0n) is 17.3. The van der Waals surface area contributed by atoms with E-state index in [0.29, 0.717) is 29.6 Å². The van der Waals surface area contributed by atoms with Gasteiger partial charge in [-0.2, -0.15) is 5.10 Å². The van der Waals surface area contributed by atoms with Crippen LogP contribution in [-0.2, 0) is 9.53 Å². The highest BCUT2D eigenvalue weighted by Crippen LogP contribution is 2.43. The number of ether oxygens (including phenoxy) is 1. The Bertz CT molecular complexity index is 963. The van der Waals surface area contributed by atoms with Crippen LogP contribution >= 0.6 is 0 Å². The van der Waals surface area contributed by atoms with Crippen molar-refractivity contribution < 1.29 is 14.3 Å². The fourth-order valence-electron chi connectivity index (χ4n) is 3.87. The molecule has 0 saturated heterocycles. The van der Waals surface area contributed by atoms with Crippen LogP contribution in [0.5, 0.6) is 0 Å². The van der Waals surface area contributed by atoms with Crippen molar-refractivity contribution in [3.8, 4) is 11.1 Å². The molecule has 4 rings (SSSR count). The highest BCUT2D eigenvalue weighted by Gasteiger charge is 2.35. The molecule has 1 aromatic carbocycles. The van der Waals surface area contributed by atoms with Crippen LogP contribution in [0.25, 0.3) is 11.1 Å². The van der Waals surface area contributed by atoms with Gasteiger partial charge in [0.05, 0.1) is 35.8 Å². The lowest BCUT2D eigenvalue weighted by Gasteiger charge is -2.40. The summed E-state index contributed by atoms with van der Waals surface area (Å²) in [6.45, 7) is 7.40. The Labute approximate surface area is 170 Å². The monoisotopic (exact) mass is 397 g/mol. The van der Waals surface area contributed by atoms with Gasteiger partial charge >= 0.3 is 6.09 Å². The first-order chi connectivity index (χ1) is 13.8. The van der Waals surface area contributed by atoms with Crippen LogP contribution in [-0.4, -0.2) is 40.5 Å². The Kier molecular flexibility index (Phi) is 4.72. The van der Waals surface area contributed by atoms with Crippen LogP contribution < -0.4 is 15.5 Å². The first-order valence-electron chi connectivity index (χ1n) is 10.0. The molecular formula is C21H27N5O3. The molecule has 2 aliphatic rings. The van der Waals surface area contributed by atoms with Crippen molar-refractivity contribution in [2.45, 2.75) is 58.7 Å². The van der Waals surface area contributed by atoms with Crippen molar-refractivity contribution in [3.63, 3.8) is 0 Å². The van der Waals surface area contributed by atoms with Crippen molar-refractivity contribution in [2.75, 3.05) is 22.1 Å². The van der Waals surface area contributed by atoms with Gasteiger partial charge in [0.15, 0.2) is 0 Å². The quantitative estimate of drug-likeness (QED) is 0.799. The molecule has 0 radical (unpaired) electrons. The maximum Gasteiger partial charge on any atom is 0.414 e. The smallest absolute Gasteiger partial charge is 0.414 e. The van der Waals surface area contributed by atoms with E-state index in [2.05, 4.69) is 5.10 Å². The summed E-state index contributed by atoms with van der Waals surface area (Å²) in [5, 5.41) is 4.45. The average molecular weight is 397 g/mol. The van der Waals surface area contributed by atoms with Crippen molar-refractivity contribution in [1.82, 2.24) is 9.78 Å². The number of hydrogen-bond acceptors (Lipinski definition) is 5. The van der Waals surface area contributed by atoms with E-state index in [-0.39, 0.29) is 18.1 Å². The molecule has 8 heteroatoms. The molecule has 29 heavy (non-hydrogen) atoms. The molecule has 2 heterocycles. The molecule has 2 amide bonds. The van der Waals surface area contributed by atoms with Crippen LogP contribution in [0.4, 0.5) is 21.9 Å². The van der Waals surface area contributed by atoms with Crippen molar-refractivity contribution >= 4 is 29.1 Å². The highest BCUT2D eigenvalue weighted by molar-refractivity contribution is 6.04. The van der Waals surface area contributed by atoms with Gasteiger partial charge in [-0.1, -0.05) is 0 Å². The largest absolute Gasteiger partial charge is 0.446 e. The average Bonchev–Trinajstić information content (AvgIpc) is 3.37. The standard InChI is InChI=1S/C21H27N5O3/c1-12(2)29-21(28)24-10-13(3)26(14(4)27)20-8-18(22)17(7-19(20)24)15-9-23-25(11-15)16-5-6-16/h7-9,11-13,16H,5-6,10,22H2,1-4H3. The molecule has 2 N–H and O–H groups in total. The minimum atomic E-state index is -0.430. The lowest BCUT2D eigenvalue weighted by atomic mass is 10.0. The summed E-state index contributed by atoms with van der Waals surface area (Å²) in [5.41, 5.74) is 9.83. The van der Waals surface area contributed by atoms with Gasteiger partial charge < -0.3 is 15.4 Å². The first-order valence-corrected chi connectivity index (χ1v) is 10.0. The molecule has 154 valence electrons. The third-order valence-corrected chi connectivity index (χ3v) is 5.31. The van der Waals surface area contributed by atoms with E-state index in [1.54, 1.807) is 22.1 Å². The van der Waals surface area contributed by atoms with Crippen LogP contribution in [0.1, 0.15) is 46.6 Å². The Morgan fingerprint density at radius 3 is 2.59 bits per heavy atom. The Hall–Kier alpha value is -3.03. The lowest BCUT2D eigenvalue weighted by Crippen LogP contribution is -2.51. The number of hydrogen-bond donors (Lipinski definition) is 1. The summed E-state index contributed by atoms with van der Waals surface area (Å²) >= 11 is 0. The Morgan fingerprint density at radius 2 is 1.97 bits per heavy atom. The Balaban J connectivity index is 1.81. The predicted molar refractivity (Wildman–Crippen MR) is 112 cm³/mol. The van der Waals surface area contributed by atoms with Gasteiger partial charge in [0.25, 0.3) is 0 Å². The number of nitrogens with two attached hydrogens (primary N) is 1. The second-order valence-electron chi connectivity index (χ2n) is 8.15. The third-order valence-electron chi connectivity index (χ3n) is 5.31. The Morgan fingerprint density at radius 1 is 1.24 bits per heavy atom. The molecule has 1 aliphatic carbocycles. The SMILES string of the molecule is CC(=O)N1c2cc(N)c(-c3cnn(C4CC4)c3)cc2N(C(=O)OC(C)C)CC1C. The van der Waals surface area contributed by atoms with E-state index < -0.39 is 6.09 Å². The molecular weight excluding hydrogens is 370 g/mol. The number of anilines is 3. The van der Waals surface area contributed by atoms with Crippen LogP contribution in [0, 0.1) is 0 Å². The maximum atomic E-state index is 12.8. The minimum absolute atomic E-state index is 0.0932. The number of nitrogens with zero attached hydrogens (tertiary/aromatic N) is 4. The summed E-state index contributed by atoms with van der Waals surface area (Å²) in [4.78, 5) is 28.4. The number of carbonyl (C=O) groups is 2. The van der Waals surface area contributed by atoms with Crippen LogP contribution in [0.15, 0.2) is 24.5 Å². The molecule has 0 spiro atoms. The van der Waals surface area contributed by atoms with Crippen molar-refractivity contribution in [1.29, 1.82) is 0 Å². The zero-order chi connectivity index (χ0) is 20.9. The topological polar surface area (TPSA) is 93.7 Å². The fourth-order valence-corrected chi connectivity index (χ4v) is 3.87. The molecule has 2 aromatic rings. The number of rotatable bonds is 3. The van der Waals surface area contributed by atoms with Gasteiger partial charge in [-0.25, -0.2) is 4.79 Å². The second kappa shape index (κ2) is 7.09. The van der Waals surface area contributed by atoms with Gasteiger partial charge in [-0.05, 0) is 45.7 Å². The van der Waals surface area contributed by atoms with Crippen LogP contribution in [0.2, 0.25) is 0 Å². The van der Waals surface area contributed by atoms with Crippen LogP contribution in [0.3, 0.4) is 0 Å². The lowest BCUT2D eigenvalue weighted by molar-refractivity contribution is -0.117. The minimum Gasteiger partial charge on any atom is -0.446 e. The van der Waals surface area contributed by atoms with E-state index in [9.17, 15) is 9.59 Å². The van der Waals surface area contributed by atoms with E-state index in [4.69, 9.17) is 10.5 Å². The number of benzene rings is 1. The summed E-state index contributed by atoms with van der Waals surface area (Å²) < 4.78 is 7.41. The van der Waals surface area contributed by atoms with Gasteiger partial charge in [-0.15, -0.1) is 0 Å². The molecule has 1 aromatic heterocycles.